The number of likely N-dealkylation sites (tertiary alicyclic amines) is 1. The molecule has 1 amide bonds. The molecule has 1 spiro atoms. The third-order valence-corrected chi connectivity index (χ3v) is 6.20. The fourth-order valence-electron chi connectivity index (χ4n) is 4.31. The van der Waals surface area contributed by atoms with E-state index >= 15 is 0 Å². The monoisotopic (exact) mass is 363 g/mol. The standard InChI is InChI=1S/C23H25NO3/c1-27-22(26)20-16-23(20)11-13-24(14-12-23)21(25)15-17-7-9-19(10-8-17)18-5-3-2-4-6-18/h2-10,20H,11-16H2,1H3. The van der Waals surface area contributed by atoms with Gasteiger partial charge in [0.1, 0.15) is 0 Å². The van der Waals surface area contributed by atoms with Crippen molar-refractivity contribution in [2.24, 2.45) is 11.3 Å². The minimum Gasteiger partial charge on any atom is -0.469 e. The number of rotatable bonds is 4. The molecular weight excluding hydrogens is 338 g/mol. The lowest BCUT2D eigenvalue weighted by atomic mass is 9.90. The molecule has 2 aliphatic rings. The van der Waals surface area contributed by atoms with Crippen LogP contribution in [0.1, 0.15) is 24.8 Å². The van der Waals surface area contributed by atoms with E-state index in [-0.39, 0.29) is 23.2 Å². The maximum Gasteiger partial charge on any atom is 0.309 e. The zero-order chi connectivity index (χ0) is 18.9. The van der Waals surface area contributed by atoms with Crippen molar-refractivity contribution in [3.63, 3.8) is 0 Å². The van der Waals surface area contributed by atoms with Crippen LogP contribution in [0.25, 0.3) is 11.1 Å². The summed E-state index contributed by atoms with van der Waals surface area (Å²) in [6.07, 6.45) is 3.17. The number of hydrogen-bond acceptors (Lipinski definition) is 3. The first-order valence-corrected chi connectivity index (χ1v) is 9.61. The van der Waals surface area contributed by atoms with Gasteiger partial charge in [0.25, 0.3) is 0 Å². The molecule has 4 rings (SSSR count). The Morgan fingerprint density at radius 3 is 2.26 bits per heavy atom. The van der Waals surface area contributed by atoms with Crippen molar-refractivity contribution in [2.45, 2.75) is 25.7 Å². The second-order valence-corrected chi connectivity index (χ2v) is 7.76. The van der Waals surface area contributed by atoms with Gasteiger partial charge in [-0.25, -0.2) is 0 Å². The van der Waals surface area contributed by atoms with Crippen LogP contribution in [0.15, 0.2) is 54.6 Å². The van der Waals surface area contributed by atoms with E-state index in [1.165, 1.54) is 12.7 Å². The Labute approximate surface area is 160 Å². The van der Waals surface area contributed by atoms with Crippen molar-refractivity contribution in [3.8, 4) is 11.1 Å². The quantitative estimate of drug-likeness (QED) is 0.778. The van der Waals surface area contributed by atoms with Crippen LogP contribution < -0.4 is 0 Å². The molecule has 0 aromatic heterocycles. The molecule has 4 heteroatoms. The Morgan fingerprint density at radius 2 is 1.63 bits per heavy atom. The van der Waals surface area contributed by atoms with Gasteiger partial charge in [-0.2, -0.15) is 0 Å². The molecule has 2 aromatic carbocycles. The van der Waals surface area contributed by atoms with Gasteiger partial charge in [-0.05, 0) is 41.4 Å². The maximum atomic E-state index is 12.7. The lowest BCUT2D eigenvalue weighted by Gasteiger charge is -2.32. The van der Waals surface area contributed by atoms with Gasteiger partial charge < -0.3 is 9.64 Å². The van der Waals surface area contributed by atoms with E-state index in [1.54, 1.807) is 0 Å². The molecule has 2 aromatic rings. The van der Waals surface area contributed by atoms with Crippen molar-refractivity contribution >= 4 is 11.9 Å². The predicted molar refractivity (Wildman–Crippen MR) is 104 cm³/mol. The van der Waals surface area contributed by atoms with Gasteiger partial charge in [0, 0.05) is 13.1 Å². The van der Waals surface area contributed by atoms with Crippen molar-refractivity contribution in [1.29, 1.82) is 0 Å². The molecule has 1 atom stereocenters. The van der Waals surface area contributed by atoms with Crippen LogP contribution in [-0.2, 0) is 20.7 Å². The average molecular weight is 363 g/mol. The van der Waals surface area contributed by atoms with Crippen molar-refractivity contribution in [3.05, 3.63) is 60.2 Å². The van der Waals surface area contributed by atoms with Gasteiger partial charge in [-0.15, -0.1) is 0 Å². The molecule has 140 valence electrons. The SMILES string of the molecule is COC(=O)C1CC12CCN(C(=O)Cc1ccc(-c3ccccc3)cc1)CC2. The van der Waals surface area contributed by atoms with Crippen LogP contribution >= 0.6 is 0 Å². The number of hydrogen-bond donors (Lipinski definition) is 0. The summed E-state index contributed by atoms with van der Waals surface area (Å²) < 4.78 is 4.88. The van der Waals surface area contributed by atoms with E-state index in [0.29, 0.717) is 6.42 Å². The molecule has 4 nitrogen and oxygen atoms in total. The fraction of sp³-hybridized carbons (Fsp3) is 0.391. The van der Waals surface area contributed by atoms with E-state index in [0.717, 1.165) is 43.5 Å². The normalized spacial score (nSPS) is 20.3. The molecule has 1 aliphatic heterocycles. The number of methoxy groups -OCH3 is 1. The molecule has 2 fully saturated rings. The van der Waals surface area contributed by atoms with Crippen LogP contribution in [0.4, 0.5) is 0 Å². The Hall–Kier alpha value is -2.62. The third-order valence-electron chi connectivity index (χ3n) is 6.20. The molecule has 1 saturated heterocycles. The number of nitrogens with zero attached hydrogens (tertiary/aromatic N) is 1. The van der Waals surface area contributed by atoms with Crippen molar-refractivity contribution in [1.82, 2.24) is 4.90 Å². The molecule has 1 heterocycles. The second kappa shape index (κ2) is 7.18. The Morgan fingerprint density at radius 1 is 1.00 bits per heavy atom. The number of amides is 1. The van der Waals surface area contributed by atoms with E-state index < -0.39 is 0 Å². The number of carbonyl (C=O) groups is 2. The highest BCUT2D eigenvalue weighted by Gasteiger charge is 2.59. The molecule has 1 saturated carbocycles. The zero-order valence-corrected chi connectivity index (χ0v) is 15.7. The molecular formula is C23H25NO3. The minimum atomic E-state index is -0.0896. The van der Waals surface area contributed by atoms with Crippen LogP contribution in [0, 0.1) is 11.3 Å². The second-order valence-electron chi connectivity index (χ2n) is 7.76. The number of carbonyl (C=O) groups excluding carboxylic acids is 2. The molecule has 27 heavy (non-hydrogen) atoms. The predicted octanol–water partition coefficient (Wildman–Crippen LogP) is 3.70. The fourth-order valence-corrected chi connectivity index (χ4v) is 4.31. The smallest absolute Gasteiger partial charge is 0.309 e. The third kappa shape index (κ3) is 3.61. The van der Waals surface area contributed by atoms with E-state index in [2.05, 4.69) is 24.3 Å². The summed E-state index contributed by atoms with van der Waals surface area (Å²) in [4.78, 5) is 26.3. The molecule has 0 N–H and O–H groups in total. The van der Waals surface area contributed by atoms with Crippen LogP contribution in [0.5, 0.6) is 0 Å². The Bertz CT molecular complexity index is 820. The average Bonchev–Trinajstić information content (AvgIpc) is 3.42. The summed E-state index contributed by atoms with van der Waals surface area (Å²) in [7, 11) is 1.45. The van der Waals surface area contributed by atoms with Gasteiger partial charge >= 0.3 is 5.97 Å². The van der Waals surface area contributed by atoms with Crippen LogP contribution in [0.3, 0.4) is 0 Å². The maximum absolute atomic E-state index is 12.7. The van der Waals surface area contributed by atoms with Gasteiger partial charge in [-0.1, -0.05) is 54.6 Å². The highest BCUT2D eigenvalue weighted by Crippen LogP contribution is 2.59. The van der Waals surface area contributed by atoms with Gasteiger partial charge in [0.2, 0.25) is 5.91 Å². The topological polar surface area (TPSA) is 46.6 Å². The molecule has 1 unspecified atom stereocenters. The summed E-state index contributed by atoms with van der Waals surface area (Å²) in [5.41, 5.74) is 3.48. The van der Waals surface area contributed by atoms with E-state index in [4.69, 9.17) is 4.74 Å². The van der Waals surface area contributed by atoms with E-state index in [1.807, 2.05) is 35.2 Å². The number of esters is 1. The first-order chi connectivity index (χ1) is 13.1. The highest BCUT2D eigenvalue weighted by atomic mass is 16.5. The first kappa shape index (κ1) is 17.8. The van der Waals surface area contributed by atoms with Gasteiger partial charge in [-0.3, -0.25) is 9.59 Å². The van der Waals surface area contributed by atoms with Crippen LogP contribution in [-0.4, -0.2) is 37.0 Å². The van der Waals surface area contributed by atoms with Gasteiger partial charge in [0.05, 0.1) is 19.4 Å². The number of piperidine rings is 1. The van der Waals surface area contributed by atoms with Gasteiger partial charge in [0.15, 0.2) is 0 Å². The van der Waals surface area contributed by atoms with Crippen LogP contribution in [0.2, 0.25) is 0 Å². The lowest BCUT2D eigenvalue weighted by Crippen LogP contribution is -2.40. The molecule has 1 aliphatic carbocycles. The number of ether oxygens (including phenoxy) is 1. The highest BCUT2D eigenvalue weighted by molar-refractivity contribution is 5.80. The summed E-state index contributed by atoms with van der Waals surface area (Å²) in [5.74, 6) is 0.131. The van der Waals surface area contributed by atoms with Crippen molar-refractivity contribution in [2.75, 3.05) is 20.2 Å². The summed E-state index contributed by atoms with van der Waals surface area (Å²) in [6.45, 7) is 1.49. The minimum absolute atomic E-state index is 0.0466. The van der Waals surface area contributed by atoms with E-state index in [9.17, 15) is 9.59 Å². The first-order valence-electron chi connectivity index (χ1n) is 9.61. The Balaban J connectivity index is 1.32. The zero-order valence-electron chi connectivity index (χ0n) is 15.7. The van der Waals surface area contributed by atoms with Crippen molar-refractivity contribution < 1.29 is 14.3 Å². The largest absolute Gasteiger partial charge is 0.469 e. The summed E-state index contributed by atoms with van der Waals surface area (Å²) in [5, 5.41) is 0. The Kier molecular flexibility index (Phi) is 4.73. The summed E-state index contributed by atoms with van der Waals surface area (Å²) in [6, 6.07) is 18.5. The lowest BCUT2D eigenvalue weighted by molar-refractivity contribution is -0.143. The molecule has 0 radical (unpaired) electrons. The molecule has 0 bridgehead atoms. The summed E-state index contributed by atoms with van der Waals surface area (Å²) >= 11 is 0. The number of benzene rings is 2.